The lowest BCUT2D eigenvalue weighted by Gasteiger charge is -2.31. The molecule has 2 aromatic rings. The number of ether oxygens (including phenoxy) is 1. The summed E-state index contributed by atoms with van der Waals surface area (Å²) in [5.41, 5.74) is 1.50. The van der Waals surface area contributed by atoms with Crippen molar-refractivity contribution in [3.8, 4) is 0 Å². The number of para-hydroxylation sites is 2. The molecule has 29 heavy (non-hydrogen) atoms. The van der Waals surface area contributed by atoms with Gasteiger partial charge in [-0.2, -0.15) is 0 Å². The Balaban J connectivity index is 1.75. The van der Waals surface area contributed by atoms with Crippen LogP contribution >= 0.6 is 0 Å². The Morgan fingerprint density at radius 3 is 2.38 bits per heavy atom. The van der Waals surface area contributed by atoms with Crippen molar-refractivity contribution in [1.82, 2.24) is 5.32 Å². The number of nitrogens with zero attached hydrogens (tertiary/aromatic N) is 1. The third-order valence-corrected chi connectivity index (χ3v) is 4.87. The fourth-order valence-electron chi connectivity index (χ4n) is 3.27. The fraction of sp³-hybridized carbons (Fsp3) is 0.364. The standard InChI is InChI=1S/C22H26FN3O3/c1-15(2)20(25-21(27)16-7-3-4-8-17(16)23)22(28)24-18-9-5-6-10-19(18)26-11-13-29-14-12-26/h3-10,15,20H,11-14H2,1-2H3,(H,24,28)(H,25,27)/t20-/m1/s1. The first kappa shape index (κ1) is 20.8. The fourth-order valence-corrected chi connectivity index (χ4v) is 3.27. The van der Waals surface area contributed by atoms with E-state index in [0.717, 1.165) is 18.8 Å². The molecular formula is C22H26FN3O3. The number of carbonyl (C=O) groups is 2. The Morgan fingerprint density at radius 1 is 1.03 bits per heavy atom. The minimum absolute atomic E-state index is 0.0836. The summed E-state index contributed by atoms with van der Waals surface area (Å²) in [6.45, 7) is 6.42. The van der Waals surface area contributed by atoms with Gasteiger partial charge in [-0.1, -0.05) is 38.1 Å². The van der Waals surface area contributed by atoms with Gasteiger partial charge in [0.2, 0.25) is 5.91 Å². The van der Waals surface area contributed by atoms with Gasteiger partial charge in [0, 0.05) is 13.1 Å². The molecule has 0 saturated carbocycles. The van der Waals surface area contributed by atoms with E-state index in [0.29, 0.717) is 18.9 Å². The van der Waals surface area contributed by atoms with Crippen molar-refractivity contribution in [2.75, 3.05) is 36.5 Å². The Labute approximate surface area is 170 Å². The van der Waals surface area contributed by atoms with E-state index in [4.69, 9.17) is 4.74 Å². The zero-order valence-corrected chi connectivity index (χ0v) is 16.7. The summed E-state index contributed by atoms with van der Waals surface area (Å²) in [5.74, 6) is -1.75. The van der Waals surface area contributed by atoms with Gasteiger partial charge in [0.05, 0.1) is 30.2 Å². The van der Waals surface area contributed by atoms with Crippen LogP contribution in [0.1, 0.15) is 24.2 Å². The molecule has 2 N–H and O–H groups in total. The molecule has 1 saturated heterocycles. The van der Waals surface area contributed by atoms with Crippen LogP contribution in [0.15, 0.2) is 48.5 Å². The average Bonchev–Trinajstić information content (AvgIpc) is 2.73. The van der Waals surface area contributed by atoms with Gasteiger partial charge in [0.25, 0.3) is 5.91 Å². The zero-order valence-electron chi connectivity index (χ0n) is 16.7. The Hall–Kier alpha value is -2.93. The van der Waals surface area contributed by atoms with Crippen molar-refractivity contribution < 1.29 is 18.7 Å². The molecule has 1 aliphatic heterocycles. The minimum atomic E-state index is -0.806. The van der Waals surface area contributed by atoms with Crippen molar-refractivity contribution in [1.29, 1.82) is 0 Å². The van der Waals surface area contributed by atoms with E-state index < -0.39 is 17.8 Å². The first-order chi connectivity index (χ1) is 14.0. The van der Waals surface area contributed by atoms with E-state index in [1.807, 2.05) is 38.1 Å². The molecule has 2 amide bonds. The number of carbonyl (C=O) groups excluding carboxylic acids is 2. The van der Waals surface area contributed by atoms with Gasteiger partial charge in [-0.05, 0) is 30.2 Å². The van der Waals surface area contributed by atoms with Crippen LogP contribution in [-0.2, 0) is 9.53 Å². The van der Waals surface area contributed by atoms with Crippen molar-refractivity contribution >= 4 is 23.2 Å². The maximum atomic E-state index is 13.9. The molecule has 0 radical (unpaired) electrons. The number of anilines is 2. The van der Waals surface area contributed by atoms with Crippen molar-refractivity contribution in [3.05, 3.63) is 59.9 Å². The van der Waals surface area contributed by atoms with Crippen LogP contribution in [0.25, 0.3) is 0 Å². The highest BCUT2D eigenvalue weighted by atomic mass is 19.1. The van der Waals surface area contributed by atoms with E-state index in [-0.39, 0.29) is 17.4 Å². The highest BCUT2D eigenvalue weighted by Crippen LogP contribution is 2.26. The Morgan fingerprint density at radius 2 is 1.69 bits per heavy atom. The van der Waals surface area contributed by atoms with Gasteiger partial charge in [-0.3, -0.25) is 9.59 Å². The van der Waals surface area contributed by atoms with E-state index in [1.165, 1.54) is 18.2 Å². The molecule has 0 aliphatic carbocycles. The van der Waals surface area contributed by atoms with Gasteiger partial charge in [-0.15, -0.1) is 0 Å². The first-order valence-corrected chi connectivity index (χ1v) is 9.75. The molecule has 0 unspecified atom stereocenters. The van der Waals surface area contributed by atoms with Crippen LogP contribution in [0.4, 0.5) is 15.8 Å². The number of rotatable bonds is 6. The second-order valence-electron chi connectivity index (χ2n) is 7.28. The highest BCUT2D eigenvalue weighted by molar-refractivity contribution is 6.02. The molecule has 2 aromatic carbocycles. The normalized spacial score (nSPS) is 15.1. The maximum Gasteiger partial charge on any atom is 0.254 e. The van der Waals surface area contributed by atoms with Crippen molar-refractivity contribution in [3.63, 3.8) is 0 Å². The van der Waals surface area contributed by atoms with E-state index in [2.05, 4.69) is 15.5 Å². The van der Waals surface area contributed by atoms with E-state index >= 15 is 0 Å². The smallest absolute Gasteiger partial charge is 0.254 e. The summed E-state index contributed by atoms with van der Waals surface area (Å²) < 4.78 is 19.3. The molecule has 1 heterocycles. The number of halogens is 1. The lowest BCUT2D eigenvalue weighted by molar-refractivity contribution is -0.118. The number of hydrogen-bond donors (Lipinski definition) is 2. The van der Waals surface area contributed by atoms with Gasteiger partial charge in [0.1, 0.15) is 11.9 Å². The quantitative estimate of drug-likeness (QED) is 0.783. The maximum absolute atomic E-state index is 13.9. The largest absolute Gasteiger partial charge is 0.378 e. The van der Waals surface area contributed by atoms with Gasteiger partial charge < -0.3 is 20.3 Å². The molecule has 1 fully saturated rings. The van der Waals surface area contributed by atoms with Gasteiger partial charge in [0.15, 0.2) is 0 Å². The topological polar surface area (TPSA) is 70.7 Å². The van der Waals surface area contributed by atoms with Crippen LogP contribution in [0, 0.1) is 11.7 Å². The van der Waals surface area contributed by atoms with Crippen molar-refractivity contribution in [2.45, 2.75) is 19.9 Å². The predicted molar refractivity (Wildman–Crippen MR) is 111 cm³/mol. The number of amides is 2. The molecule has 0 bridgehead atoms. The summed E-state index contributed by atoms with van der Waals surface area (Å²) >= 11 is 0. The van der Waals surface area contributed by atoms with Crippen LogP contribution in [-0.4, -0.2) is 44.2 Å². The molecule has 1 aliphatic rings. The lowest BCUT2D eigenvalue weighted by Crippen LogP contribution is -2.47. The third-order valence-electron chi connectivity index (χ3n) is 4.87. The first-order valence-electron chi connectivity index (χ1n) is 9.75. The zero-order chi connectivity index (χ0) is 20.8. The van der Waals surface area contributed by atoms with Crippen LogP contribution < -0.4 is 15.5 Å². The number of benzene rings is 2. The number of morpholine rings is 1. The molecule has 0 spiro atoms. The third kappa shape index (κ3) is 5.12. The highest BCUT2D eigenvalue weighted by Gasteiger charge is 2.27. The average molecular weight is 399 g/mol. The minimum Gasteiger partial charge on any atom is -0.378 e. The number of hydrogen-bond acceptors (Lipinski definition) is 4. The summed E-state index contributed by atoms with van der Waals surface area (Å²) in [5, 5.41) is 5.60. The molecule has 6 nitrogen and oxygen atoms in total. The summed E-state index contributed by atoms with van der Waals surface area (Å²) in [7, 11) is 0. The molecular weight excluding hydrogens is 373 g/mol. The van der Waals surface area contributed by atoms with Gasteiger partial charge >= 0.3 is 0 Å². The molecule has 0 aromatic heterocycles. The molecule has 3 rings (SSSR count). The van der Waals surface area contributed by atoms with E-state index in [9.17, 15) is 14.0 Å². The lowest BCUT2D eigenvalue weighted by atomic mass is 10.0. The second kappa shape index (κ2) is 9.52. The van der Waals surface area contributed by atoms with Crippen LogP contribution in [0.3, 0.4) is 0 Å². The van der Waals surface area contributed by atoms with E-state index in [1.54, 1.807) is 6.07 Å². The second-order valence-corrected chi connectivity index (χ2v) is 7.28. The summed E-state index contributed by atoms with van der Waals surface area (Å²) in [6, 6.07) is 12.5. The van der Waals surface area contributed by atoms with Crippen LogP contribution in [0.2, 0.25) is 0 Å². The molecule has 154 valence electrons. The summed E-state index contributed by atoms with van der Waals surface area (Å²) in [4.78, 5) is 27.6. The summed E-state index contributed by atoms with van der Waals surface area (Å²) in [6.07, 6.45) is 0. The SMILES string of the molecule is CC(C)[C@@H](NC(=O)c1ccccc1F)C(=O)Nc1ccccc1N1CCOCC1. The molecule has 7 heteroatoms. The molecule has 1 atom stereocenters. The van der Waals surface area contributed by atoms with Crippen LogP contribution in [0.5, 0.6) is 0 Å². The number of nitrogens with one attached hydrogen (secondary N) is 2. The Bertz CT molecular complexity index is 866. The van der Waals surface area contributed by atoms with Gasteiger partial charge in [-0.25, -0.2) is 4.39 Å². The van der Waals surface area contributed by atoms with Crippen molar-refractivity contribution in [2.24, 2.45) is 5.92 Å². The predicted octanol–water partition coefficient (Wildman–Crippen LogP) is 3.06. The monoisotopic (exact) mass is 399 g/mol. The Kier molecular flexibility index (Phi) is 6.82.